The molecule has 1 aromatic heterocycles. The van der Waals surface area contributed by atoms with Crippen molar-refractivity contribution >= 4 is 21.6 Å². The van der Waals surface area contributed by atoms with E-state index in [2.05, 4.69) is 36.8 Å². The topological polar surface area (TPSA) is 98.8 Å². The van der Waals surface area contributed by atoms with Gasteiger partial charge in [0.2, 0.25) is 0 Å². The summed E-state index contributed by atoms with van der Waals surface area (Å²) in [7, 11) is 0. The van der Waals surface area contributed by atoms with Crippen LogP contribution >= 0.6 is 15.9 Å². The summed E-state index contributed by atoms with van der Waals surface area (Å²) in [6, 6.07) is 4.70. The van der Waals surface area contributed by atoms with E-state index in [0.717, 1.165) is 6.54 Å². The summed E-state index contributed by atoms with van der Waals surface area (Å²) in [4.78, 5) is 10.5. The fourth-order valence-electron chi connectivity index (χ4n) is 1.82. The first-order valence-electron chi connectivity index (χ1n) is 6.00. The standard InChI is InChI=1S/C11H13BrN6O2/c1-3-13-7(2)11-14-15-16-17(11)8-4-5-9(12)10(6-8)18(19)20/h4-7,13H,3H2,1-2H3. The van der Waals surface area contributed by atoms with Crippen LogP contribution in [0.25, 0.3) is 5.69 Å². The second-order valence-corrected chi connectivity index (χ2v) is 4.98. The van der Waals surface area contributed by atoms with E-state index in [-0.39, 0.29) is 11.7 Å². The second-order valence-electron chi connectivity index (χ2n) is 4.12. The molecule has 1 unspecified atom stereocenters. The molecule has 1 heterocycles. The Kier molecular flexibility index (Phi) is 4.40. The van der Waals surface area contributed by atoms with Crippen molar-refractivity contribution in [2.75, 3.05) is 6.54 Å². The van der Waals surface area contributed by atoms with Crippen molar-refractivity contribution < 1.29 is 4.92 Å². The summed E-state index contributed by atoms with van der Waals surface area (Å²) >= 11 is 3.15. The van der Waals surface area contributed by atoms with E-state index in [0.29, 0.717) is 16.0 Å². The number of nitrogens with one attached hydrogen (secondary N) is 1. The van der Waals surface area contributed by atoms with Gasteiger partial charge in [-0.05, 0) is 52.0 Å². The number of nitrogens with zero attached hydrogens (tertiary/aromatic N) is 5. The number of aromatic nitrogens is 4. The van der Waals surface area contributed by atoms with Gasteiger partial charge in [0.05, 0.1) is 21.1 Å². The lowest BCUT2D eigenvalue weighted by atomic mass is 10.2. The Hall–Kier alpha value is -1.87. The minimum Gasteiger partial charge on any atom is -0.308 e. The molecule has 0 spiro atoms. The maximum absolute atomic E-state index is 11.0. The van der Waals surface area contributed by atoms with Crippen LogP contribution < -0.4 is 5.32 Å². The first kappa shape index (κ1) is 14.5. The van der Waals surface area contributed by atoms with Gasteiger partial charge in [0.15, 0.2) is 5.82 Å². The van der Waals surface area contributed by atoms with Gasteiger partial charge in [0.25, 0.3) is 5.69 Å². The molecule has 0 aliphatic rings. The number of halogens is 1. The van der Waals surface area contributed by atoms with Gasteiger partial charge in [-0.3, -0.25) is 10.1 Å². The van der Waals surface area contributed by atoms with Gasteiger partial charge in [-0.1, -0.05) is 6.92 Å². The van der Waals surface area contributed by atoms with Gasteiger partial charge < -0.3 is 5.32 Å². The third-order valence-corrected chi connectivity index (χ3v) is 3.43. The fourth-order valence-corrected chi connectivity index (χ4v) is 2.21. The first-order chi connectivity index (χ1) is 9.54. The molecule has 1 N–H and O–H groups in total. The van der Waals surface area contributed by atoms with Crippen molar-refractivity contribution in [3.63, 3.8) is 0 Å². The monoisotopic (exact) mass is 340 g/mol. The minimum absolute atomic E-state index is 0.0277. The SMILES string of the molecule is CCNC(C)c1nnnn1-c1ccc(Br)c([N+](=O)[O-])c1. The van der Waals surface area contributed by atoms with Crippen LogP contribution in [0.2, 0.25) is 0 Å². The molecule has 1 atom stereocenters. The zero-order valence-corrected chi connectivity index (χ0v) is 12.5. The van der Waals surface area contributed by atoms with E-state index in [1.165, 1.54) is 10.7 Å². The molecule has 0 aliphatic carbocycles. The number of rotatable bonds is 5. The number of hydrogen-bond donors (Lipinski definition) is 1. The van der Waals surface area contributed by atoms with Crippen LogP contribution in [0.4, 0.5) is 5.69 Å². The number of nitro groups is 1. The van der Waals surface area contributed by atoms with Crippen LogP contribution in [0.15, 0.2) is 22.7 Å². The van der Waals surface area contributed by atoms with E-state index in [1.807, 2.05) is 13.8 Å². The zero-order valence-electron chi connectivity index (χ0n) is 10.9. The van der Waals surface area contributed by atoms with Crippen molar-refractivity contribution in [3.8, 4) is 5.69 Å². The van der Waals surface area contributed by atoms with Crippen molar-refractivity contribution in [1.82, 2.24) is 25.5 Å². The van der Waals surface area contributed by atoms with E-state index in [4.69, 9.17) is 0 Å². The largest absolute Gasteiger partial charge is 0.308 e. The van der Waals surface area contributed by atoms with Crippen LogP contribution in [0, 0.1) is 10.1 Å². The van der Waals surface area contributed by atoms with Crippen molar-refractivity contribution in [2.24, 2.45) is 0 Å². The highest BCUT2D eigenvalue weighted by molar-refractivity contribution is 9.10. The van der Waals surface area contributed by atoms with Crippen molar-refractivity contribution in [1.29, 1.82) is 0 Å². The normalized spacial score (nSPS) is 12.3. The van der Waals surface area contributed by atoms with E-state index < -0.39 is 4.92 Å². The Labute approximate surface area is 123 Å². The highest BCUT2D eigenvalue weighted by Crippen LogP contribution is 2.27. The lowest BCUT2D eigenvalue weighted by Crippen LogP contribution is -2.21. The van der Waals surface area contributed by atoms with Gasteiger partial charge >= 0.3 is 0 Å². The average Bonchev–Trinajstić information content (AvgIpc) is 2.88. The molecule has 2 aromatic rings. The second kappa shape index (κ2) is 6.06. The highest BCUT2D eigenvalue weighted by atomic mass is 79.9. The summed E-state index contributed by atoms with van der Waals surface area (Å²) < 4.78 is 1.91. The third kappa shape index (κ3) is 2.83. The van der Waals surface area contributed by atoms with Crippen LogP contribution in [0.3, 0.4) is 0 Å². The van der Waals surface area contributed by atoms with Gasteiger partial charge in [0.1, 0.15) is 0 Å². The van der Waals surface area contributed by atoms with E-state index in [1.54, 1.807) is 12.1 Å². The summed E-state index contributed by atoms with van der Waals surface area (Å²) in [6.45, 7) is 4.68. The van der Waals surface area contributed by atoms with Crippen LogP contribution in [-0.4, -0.2) is 31.7 Å². The third-order valence-electron chi connectivity index (χ3n) is 2.76. The molecule has 0 saturated heterocycles. The van der Waals surface area contributed by atoms with Crippen LogP contribution in [-0.2, 0) is 0 Å². The maximum atomic E-state index is 11.0. The molecule has 0 saturated carbocycles. The minimum atomic E-state index is -0.453. The zero-order chi connectivity index (χ0) is 14.7. The Bertz CT molecular complexity index is 629. The Morgan fingerprint density at radius 1 is 1.55 bits per heavy atom. The number of benzene rings is 1. The molecule has 1 aromatic carbocycles. The predicted molar refractivity (Wildman–Crippen MR) is 75.6 cm³/mol. The number of nitro benzene ring substituents is 1. The van der Waals surface area contributed by atoms with Gasteiger partial charge in [-0.2, -0.15) is 4.68 Å². The molecule has 0 bridgehead atoms. The molecule has 9 heteroatoms. The van der Waals surface area contributed by atoms with Crippen molar-refractivity contribution in [2.45, 2.75) is 19.9 Å². The molecule has 0 amide bonds. The predicted octanol–water partition coefficient (Wildman–Crippen LogP) is 2.00. The average molecular weight is 341 g/mol. The van der Waals surface area contributed by atoms with Gasteiger partial charge in [0, 0.05) is 6.07 Å². The fraction of sp³-hybridized carbons (Fsp3) is 0.364. The highest BCUT2D eigenvalue weighted by Gasteiger charge is 2.18. The van der Waals surface area contributed by atoms with Crippen molar-refractivity contribution in [3.05, 3.63) is 38.6 Å². The number of tetrazole rings is 1. The number of hydrogen-bond acceptors (Lipinski definition) is 6. The van der Waals surface area contributed by atoms with E-state index in [9.17, 15) is 10.1 Å². The summed E-state index contributed by atoms with van der Waals surface area (Å²) in [5, 5.41) is 25.7. The lowest BCUT2D eigenvalue weighted by Gasteiger charge is -2.12. The van der Waals surface area contributed by atoms with Gasteiger partial charge in [-0.25, -0.2) is 0 Å². The van der Waals surface area contributed by atoms with E-state index >= 15 is 0 Å². The maximum Gasteiger partial charge on any atom is 0.285 e. The van der Waals surface area contributed by atoms with Gasteiger partial charge in [-0.15, -0.1) is 5.10 Å². The smallest absolute Gasteiger partial charge is 0.285 e. The molecule has 2 rings (SSSR count). The Balaban J connectivity index is 2.45. The van der Waals surface area contributed by atoms with Crippen LogP contribution in [0.1, 0.15) is 25.7 Å². The summed E-state index contributed by atoms with van der Waals surface area (Å²) in [5.74, 6) is 0.600. The summed E-state index contributed by atoms with van der Waals surface area (Å²) in [5.41, 5.74) is 0.518. The van der Waals surface area contributed by atoms with Crippen LogP contribution in [0.5, 0.6) is 0 Å². The molecule has 0 radical (unpaired) electrons. The molecule has 8 nitrogen and oxygen atoms in total. The summed E-state index contributed by atoms with van der Waals surface area (Å²) in [6.07, 6.45) is 0. The quantitative estimate of drug-likeness (QED) is 0.660. The molecular weight excluding hydrogens is 328 g/mol. The first-order valence-corrected chi connectivity index (χ1v) is 6.79. The molecular formula is C11H13BrN6O2. The molecule has 0 aliphatic heterocycles. The lowest BCUT2D eigenvalue weighted by molar-refractivity contribution is -0.385. The molecule has 106 valence electrons. The Morgan fingerprint density at radius 3 is 2.95 bits per heavy atom. The molecule has 20 heavy (non-hydrogen) atoms. The molecule has 0 fully saturated rings. The Morgan fingerprint density at radius 2 is 2.30 bits per heavy atom.